The first-order valence-corrected chi connectivity index (χ1v) is 10.6. The number of hydrogen-bond donors (Lipinski definition) is 1. The number of nitriles is 1. The molecule has 0 bridgehead atoms. The van der Waals surface area contributed by atoms with Crippen molar-refractivity contribution >= 4 is 12.2 Å². The Bertz CT molecular complexity index is 1000. The largest absolute Gasteiger partial charge is 0.490 e. The van der Waals surface area contributed by atoms with E-state index in [2.05, 4.69) is 41.8 Å². The minimum Gasteiger partial charge on any atom is -0.490 e. The molecule has 0 aliphatic rings. The monoisotopic (exact) mass is 436 g/mol. The van der Waals surface area contributed by atoms with Crippen LogP contribution < -0.4 is 10.1 Å². The van der Waals surface area contributed by atoms with E-state index in [0.29, 0.717) is 35.2 Å². The molecule has 2 rings (SSSR count). The van der Waals surface area contributed by atoms with Crippen LogP contribution in [0.1, 0.15) is 59.4 Å². The summed E-state index contributed by atoms with van der Waals surface area (Å²) >= 11 is 0. The minimum absolute atomic E-state index is 0.187. The van der Waals surface area contributed by atoms with Crippen LogP contribution in [0.15, 0.2) is 37.0 Å². The Balaban J connectivity index is 2.22. The Morgan fingerprint density at radius 2 is 2.00 bits per heavy atom. The van der Waals surface area contributed by atoms with Crippen LogP contribution in [0.4, 0.5) is 4.79 Å². The van der Waals surface area contributed by atoms with Crippen LogP contribution in [0.5, 0.6) is 5.75 Å². The molecule has 0 saturated carbocycles. The van der Waals surface area contributed by atoms with Crippen molar-refractivity contribution in [2.75, 3.05) is 6.61 Å². The fourth-order valence-electron chi connectivity index (χ4n) is 3.37. The molecule has 1 atom stereocenters. The van der Waals surface area contributed by atoms with E-state index in [0.717, 1.165) is 5.56 Å². The van der Waals surface area contributed by atoms with E-state index in [1.165, 1.54) is 0 Å². The van der Waals surface area contributed by atoms with Gasteiger partial charge in [-0.25, -0.2) is 14.8 Å². The molecule has 0 aliphatic heterocycles. The molecule has 2 aromatic rings. The van der Waals surface area contributed by atoms with Crippen molar-refractivity contribution in [2.45, 2.75) is 59.1 Å². The van der Waals surface area contributed by atoms with Gasteiger partial charge < -0.3 is 14.8 Å². The molecule has 1 amide bonds. The van der Waals surface area contributed by atoms with Gasteiger partial charge in [0, 0.05) is 11.8 Å². The summed E-state index contributed by atoms with van der Waals surface area (Å²) in [7, 11) is 0. The number of carbonyl (C=O) groups excluding carboxylic acids is 1. The second-order valence-corrected chi connectivity index (χ2v) is 9.40. The van der Waals surface area contributed by atoms with E-state index < -0.39 is 17.2 Å². The maximum absolute atomic E-state index is 12.4. The SMILES string of the molecule is C=Cc1nccc(-c2ccc(OCC(C)(CC(C)C)NC(=O)OC(C)(C)C)c(C#N)c2)n1. The average Bonchev–Trinajstić information content (AvgIpc) is 2.70. The van der Waals surface area contributed by atoms with Gasteiger partial charge in [-0.2, -0.15) is 5.26 Å². The molecule has 170 valence electrons. The van der Waals surface area contributed by atoms with Gasteiger partial charge in [0.15, 0.2) is 5.82 Å². The van der Waals surface area contributed by atoms with Crippen molar-refractivity contribution in [2.24, 2.45) is 5.92 Å². The zero-order valence-corrected chi connectivity index (χ0v) is 19.7. The molecule has 32 heavy (non-hydrogen) atoms. The first kappa shape index (κ1) is 24.9. The second-order valence-electron chi connectivity index (χ2n) is 9.40. The topological polar surface area (TPSA) is 97.1 Å². The van der Waals surface area contributed by atoms with Crippen LogP contribution in [0.2, 0.25) is 0 Å². The van der Waals surface area contributed by atoms with Crippen LogP contribution >= 0.6 is 0 Å². The first-order chi connectivity index (χ1) is 14.9. The number of rotatable bonds is 8. The summed E-state index contributed by atoms with van der Waals surface area (Å²) in [6.45, 7) is 15.4. The molecule has 1 aromatic heterocycles. The van der Waals surface area contributed by atoms with Crippen LogP contribution in [-0.2, 0) is 4.74 Å². The van der Waals surface area contributed by atoms with Crippen molar-refractivity contribution in [3.63, 3.8) is 0 Å². The van der Waals surface area contributed by atoms with Gasteiger partial charge in [-0.1, -0.05) is 20.4 Å². The van der Waals surface area contributed by atoms with Gasteiger partial charge in [0.1, 0.15) is 24.0 Å². The molecular weight excluding hydrogens is 404 g/mol. The fraction of sp³-hybridized carbons (Fsp3) is 0.440. The number of ether oxygens (including phenoxy) is 2. The molecule has 7 heteroatoms. The summed E-state index contributed by atoms with van der Waals surface area (Å²) in [6.07, 6.45) is 3.40. The number of amides is 1. The van der Waals surface area contributed by atoms with Crippen molar-refractivity contribution in [1.29, 1.82) is 5.26 Å². The van der Waals surface area contributed by atoms with E-state index >= 15 is 0 Å². The minimum atomic E-state index is -0.673. The summed E-state index contributed by atoms with van der Waals surface area (Å²) in [5.41, 5.74) is 0.573. The third-order valence-corrected chi connectivity index (χ3v) is 4.46. The average molecular weight is 437 g/mol. The summed E-state index contributed by atoms with van der Waals surface area (Å²) in [5, 5.41) is 12.6. The van der Waals surface area contributed by atoms with Crippen LogP contribution in [-0.4, -0.2) is 33.8 Å². The van der Waals surface area contributed by atoms with Crippen molar-refractivity contribution in [3.8, 4) is 23.1 Å². The highest BCUT2D eigenvalue weighted by Crippen LogP contribution is 2.27. The number of nitrogens with zero attached hydrogens (tertiary/aromatic N) is 3. The van der Waals surface area contributed by atoms with Crippen molar-refractivity contribution in [1.82, 2.24) is 15.3 Å². The molecule has 0 radical (unpaired) electrons. The molecule has 0 fully saturated rings. The van der Waals surface area contributed by atoms with E-state index in [4.69, 9.17) is 9.47 Å². The summed E-state index contributed by atoms with van der Waals surface area (Å²) in [5.74, 6) is 1.27. The normalized spacial score (nSPS) is 13.1. The summed E-state index contributed by atoms with van der Waals surface area (Å²) < 4.78 is 11.4. The second kappa shape index (κ2) is 10.3. The van der Waals surface area contributed by atoms with E-state index in [1.807, 2.05) is 33.8 Å². The Hall–Kier alpha value is -3.40. The molecule has 1 heterocycles. The number of aromatic nitrogens is 2. The fourth-order valence-corrected chi connectivity index (χ4v) is 3.37. The van der Waals surface area contributed by atoms with Crippen LogP contribution in [0.3, 0.4) is 0 Å². The van der Waals surface area contributed by atoms with Gasteiger partial charge in [0.2, 0.25) is 0 Å². The highest BCUT2D eigenvalue weighted by Gasteiger charge is 2.31. The molecule has 0 aliphatic carbocycles. The lowest BCUT2D eigenvalue weighted by Gasteiger charge is -2.33. The predicted molar refractivity (Wildman–Crippen MR) is 125 cm³/mol. The maximum atomic E-state index is 12.4. The van der Waals surface area contributed by atoms with Gasteiger partial charge >= 0.3 is 6.09 Å². The van der Waals surface area contributed by atoms with Crippen molar-refractivity contribution in [3.05, 3.63) is 48.4 Å². The first-order valence-electron chi connectivity index (χ1n) is 10.6. The van der Waals surface area contributed by atoms with Crippen molar-refractivity contribution < 1.29 is 14.3 Å². The predicted octanol–water partition coefficient (Wildman–Crippen LogP) is 5.37. The third-order valence-electron chi connectivity index (χ3n) is 4.46. The standard InChI is InChI=1S/C25H32N4O3/c1-8-22-27-12-11-20(28-22)18-9-10-21(19(13-18)15-26)31-16-25(7,14-17(2)3)29-23(30)32-24(4,5)6/h8-13,17H,1,14,16H2,2-7H3,(H,29,30). The van der Waals surface area contributed by atoms with E-state index in [-0.39, 0.29) is 6.61 Å². The highest BCUT2D eigenvalue weighted by molar-refractivity contribution is 5.69. The lowest BCUT2D eigenvalue weighted by Crippen LogP contribution is -2.52. The molecular formula is C25H32N4O3. The Morgan fingerprint density at radius 3 is 2.59 bits per heavy atom. The van der Waals surface area contributed by atoms with Gasteiger partial charge in [-0.05, 0) is 70.4 Å². The lowest BCUT2D eigenvalue weighted by molar-refractivity contribution is 0.0408. The third kappa shape index (κ3) is 7.38. The maximum Gasteiger partial charge on any atom is 0.408 e. The zero-order chi connectivity index (χ0) is 23.9. The molecule has 0 spiro atoms. The molecule has 1 unspecified atom stereocenters. The molecule has 7 nitrogen and oxygen atoms in total. The summed E-state index contributed by atoms with van der Waals surface area (Å²) in [4.78, 5) is 20.9. The number of carbonyl (C=O) groups is 1. The van der Waals surface area contributed by atoms with E-state index in [9.17, 15) is 10.1 Å². The Labute approximate surface area is 190 Å². The van der Waals surface area contributed by atoms with Gasteiger partial charge in [0.05, 0.1) is 16.8 Å². The summed E-state index contributed by atoms with van der Waals surface area (Å²) in [6, 6.07) is 9.27. The zero-order valence-electron chi connectivity index (χ0n) is 19.7. The molecule has 0 saturated heterocycles. The smallest absolute Gasteiger partial charge is 0.408 e. The quantitative estimate of drug-likeness (QED) is 0.598. The lowest BCUT2D eigenvalue weighted by atomic mass is 9.91. The van der Waals surface area contributed by atoms with Crippen LogP contribution in [0, 0.1) is 17.2 Å². The van der Waals surface area contributed by atoms with Gasteiger partial charge in [-0.15, -0.1) is 0 Å². The Kier molecular flexibility index (Phi) is 7.98. The number of benzene rings is 1. The number of nitrogens with one attached hydrogen (secondary N) is 1. The van der Waals surface area contributed by atoms with E-state index in [1.54, 1.807) is 30.5 Å². The molecule has 1 aromatic carbocycles. The number of hydrogen-bond acceptors (Lipinski definition) is 6. The highest BCUT2D eigenvalue weighted by atomic mass is 16.6. The molecule has 1 N–H and O–H groups in total. The van der Waals surface area contributed by atoms with Gasteiger partial charge in [0.25, 0.3) is 0 Å². The van der Waals surface area contributed by atoms with Gasteiger partial charge in [-0.3, -0.25) is 0 Å². The number of alkyl carbamates (subject to hydrolysis) is 1. The Morgan fingerprint density at radius 1 is 1.28 bits per heavy atom. The van der Waals surface area contributed by atoms with Crippen LogP contribution in [0.25, 0.3) is 17.3 Å².